The number of carbonyl (C=O) groups is 3. The standard InChI is InChI=1S/C26H22Cl2N4O5/c27-18-12-23(19(28)11-16(18)25(35)30-14-24(33)34)37-22-7-8-29-13-17(22)26(36)32-10-9-31(15-5-6-15)20-3-1-2-4-21(20)32/h1-4,7-8,11-13,15H,5-6,9-10,14H2,(H,30,35)(H,33,34). The number of anilines is 2. The topological polar surface area (TPSA) is 112 Å². The number of ether oxygens (including phenoxy) is 1. The van der Waals surface area contributed by atoms with Crippen molar-refractivity contribution in [1.29, 1.82) is 0 Å². The van der Waals surface area contributed by atoms with Gasteiger partial charge < -0.3 is 25.0 Å². The molecule has 0 atom stereocenters. The molecule has 1 aromatic heterocycles. The number of pyridine rings is 1. The summed E-state index contributed by atoms with van der Waals surface area (Å²) in [5, 5.41) is 11.1. The van der Waals surface area contributed by atoms with Gasteiger partial charge in [0.25, 0.3) is 11.8 Å². The Bertz CT molecular complexity index is 1400. The Morgan fingerprint density at radius 2 is 1.76 bits per heavy atom. The number of benzene rings is 2. The largest absolute Gasteiger partial charge is 0.480 e. The van der Waals surface area contributed by atoms with Crippen LogP contribution in [0.5, 0.6) is 11.5 Å². The first kappa shape index (κ1) is 24.9. The van der Waals surface area contributed by atoms with E-state index in [1.165, 1.54) is 24.5 Å². The maximum absolute atomic E-state index is 13.7. The summed E-state index contributed by atoms with van der Waals surface area (Å²) < 4.78 is 5.98. The number of carboxylic acids is 1. The van der Waals surface area contributed by atoms with Crippen molar-refractivity contribution < 1.29 is 24.2 Å². The van der Waals surface area contributed by atoms with Crippen LogP contribution in [0.25, 0.3) is 0 Å². The third-order valence-electron chi connectivity index (χ3n) is 6.18. The van der Waals surface area contributed by atoms with Gasteiger partial charge in [-0.25, -0.2) is 0 Å². The number of para-hydroxylation sites is 2. The lowest BCUT2D eigenvalue weighted by atomic mass is 10.1. The van der Waals surface area contributed by atoms with Gasteiger partial charge in [0.1, 0.15) is 23.6 Å². The smallest absolute Gasteiger partial charge is 0.322 e. The van der Waals surface area contributed by atoms with Gasteiger partial charge in [0.15, 0.2) is 0 Å². The maximum Gasteiger partial charge on any atom is 0.322 e. The Balaban J connectivity index is 1.41. The predicted molar refractivity (Wildman–Crippen MR) is 139 cm³/mol. The molecule has 1 saturated carbocycles. The van der Waals surface area contributed by atoms with Gasteiger partial charge in [-0.3, -0.25) is 19.4 Å². The lowest BCUT2D eigenvalue weighted by Gasteiger charge is -2.38. The van der Waals surface area contributed by atoms with Crippen LogP contribution in [0.3, 0.4) is 0 Å². The lowest BCUT2D eigenvalue weighted by molar-refractivity contribution is -0.135. The van der Waals surface area contributed by atoms with Crippen molar-refractivity contribution in [2.75, 3.05) is 29.4 Å². The third-order valence-corrected chi connectivity index (χ3v) is 6.79. The van der Waals surface area contributed by atoms with E-state index in [4.69, 9.17) is 33.0 Å². The molecule has 0 bridgehead atoms. The molecule has 0 spiro atoms. The molecule has 2 aromatic carbocycles. The van der Waals surface area contributed by atoms with Gasteiger partial charge in [0, 0.05) is 37.6 Å². The van der Waals surface area contributed by atoms with Crippen LogP contribution in [0.1, 0.15) is 33.6 Å². The van der Waals surface area contributed by atoms with E-state index in [1.54, 1.807) is 11.0 Å². The second-order valence-corrected chi connectivity index (χ2v) is 9.50. The Labute approximate surface area is 222 Å². The third kappa shape index (κ3) is 5.19. The summed E-state index contributed by atoms with van der Waals surface area (Å²) in [4.78, 5) is 44.9. The van der Waals surface area contributed by atoms with Crippen LogP contribution in [0.15, 0.2) is 54.9 Å². The highest BCUT2D eigenvalue weighted by Crippen LogP contribution is 2.41. The quantitative estimate of drug-likeness (QED) is 0.449. The first-order chi connectivity index (χ1) is 17.8. The average Bonchev–Trinajstić information content (AvgIpc) is 3.74. The van der Waals surface area contributed by atoms with Crippen LogP contribution >= 0.6 is 23.2 Å². The monoisotopic (exact) mass is 540 g/mol. The second kappa shape index (κ2) is 10.3. The molecule has 1 aliphatic heterocycles. The number of rotatable bonds is 7. The molecule has 0 unspecified atom stereocenters. The zero-order valence-corrected chi connectivity index (χ0v) is 21.0. The molecular weight excluding hydrogens is 519 g/mol. The zero-order valence-electron chi connectivity index (χ0n) is 19.5. The molecule has 0 radical (unpaired) electrons. The fraction of sp³-hybridized carbons (Fsp3) is 0.231. The van der Waals surface area contributed by atoms with E-state index in [2.05, 4.69) is 15.2 Å². The minimum atomic E-state index is -1.19. The van der Waals surface area contributed by atoms with Gasteiger partial charge in [0.2, 0.25) is 0 Å². The highest BCUT2D eigenvalue weighted by atomic mass is 35.5. The second-order valence-electron chi connectivity index (χ2n) is 8.68. The first-order valence-corrected chi connectivity index (χ1v) is 12.4. The molecule has 190 valence electrons. The summed E-state index contributed by atoms with van der Waals surface area (Å²) in [5.41, 5.74) is 2.10. The van der Waals surface area contributed by atoms with Gasteiger partial charge >= 0.3 is 5.97 Å². The van der Waals surface area contributed by atoms with Crippen molar-refractivity contribution in [1.82, 2.24) is 10.3 Å². The van der Waals surface area contributed by atoms with E-state index in [-0.39, 0.29) is 38.6 Å². The molecule has 1 fully saturated rings. The van der Waals surface area contributed by atoms with Crippen LogP contribution < -0.4 is 19.9 Å². The molecule has 3 aromatic rings. The van der Waals surface area contributed by atoms with Crippen LogP contribution in [0.4, 0.5) is 11.4 Å². The van der Waals surface area contributed by atoms with E-state index >= 15 is 0 Å². The highest BCUT2D eigenvalue weighted by Gasteiger charge is 2.36. The Hall–Kier alpha value is -3.82. The predicted octanol–water partition coefficient (Wildman–Crippen LogP) is 4.62. The molecule has 5 rings (SSSR count). The number of carbonyl (C=O) groups excluding carboxylic acids is 2. The minimum Gasteiger partial charge on any atom is -0.480 e. The minimum absolute atomic E-state index is 0.00330. The van der Waals surface area contributed by atoms with Crippen molar-refractivity contribution in [2.24, 2.45) is 0 Å². The molecule has 2 heterocycles. The van der Waals surface area contributed by atoms with E-state index in [9.17, 15) is 14.4 Å². The summed E-state index contributed by atoms with van der Waals surface area (Å²) in [6.07, 6.45) is 5.25. The summed E-state index contributed by atoms with van der Waals surface area (Å²) in [6.45, 7) is 0.690. The van der Waals surface area contributed by atoms with Crippen molar-refractivity contribution in [2.45, 2.75) is 18.9 Å². The number of halogens is 2. The van der Waals surface area contributed by atoms with Crippen molar-refractivity contribution in [3.05, 3.63) is 76.0 Å². The van der Waals surface area contributed by atoms with Crippen LogP contribution in [-0.2, 0) is 4.79 Å². The van der Waals surface area contributed by atoms with Gasteiger partial charge in [-0.1, -0.05) is 35.3 Å². The SMILES string of the molecule is O=C(O)CNC(=O)c1cc(Cl)c(Oc2ccncc2C(=O)N2CCN(C3CC3)c3ccccc32)cc1Cl. The summed E-state index contributed by atoms with van der Waals surface area (Å²) >= 11 is 12.6. The van der Waals surface area contributed by atoms with E-state index in [0.717, 1.165) is 30.8 Å². The molecule has 1 aliphatic carbocycles. The summed E-state index contributed by atoms with van der Waals surface area (Å²) in [7, 11) is 0. The number of hydrogen-bond acceptors (Lipinski definition) is 6. The zero-order chi connectivity index (χ0) is 26.1. The van der Waals surface area contributed by atoms with Crippen molar-refractivity contribution >= 4 is 52.4 Å². The highest BCUT2D eigenvalue weighted by molar-refractivity contribution is 6.36. The van der Waals surface area contributed by atoms with Crippen LogP contribution in [-0.4, -0.2) is 53.6 Å². The molecule has 2 aliphatic rings. The van der Waals surface area contributed by atoms with Gasteiger partial charge in [-0.15, -0.1) is 0 Å². The van der Waals surface area contributed by atoms with E-state index in [1.807, 2.05) is 24.3 Å². The fourth-order valence-corrected chi connectivity index (χ4v) is 4.73. The average molecular weight is 541 g/mol. The molecule has 2 amide bonds. The normalized spacial score (nSPS) is 14.6. The number of amides is 2. The lowest BCUT2D eigenvalue weighted by Crippen LogP contribution is -2.45. The Kier molecular flexibility index (Phi) is 6.90. The Morgan fingerprint density at radius 1 is 1.00 bits per heavy atom. The van der Waals surface area contributed by atoms with Crippen molar-refractivity contribution in [3.63, 3.8) is 0 Å². The number of aromatic nitrogens is 1. The van der Waals surface area contributed by atoms with E-state index in [0.29, 0.717) is 12.6 Å². The molecule has 0 saturated heterocycles. The maximum atomic E-state index is 13.7. The van der Waals surface area contributed by atoms with E-state index < -0.39 is 18.4 Å². The van der Waals surface area contributed by atoms with Crippen LogP contribution in [0, 0.1) is 0 Å². The number of aliphatic carboxylic acids is 1. The number of hydrogen-bond donors (Lipinski definition) is 2. The fourth-order valence-electron chi connectivity index (χ4n) is 4.29. The first-order valence-electron chi connectivity index (χ1n) is 11.6. The Morgan fingerprint density at radius 3 is 2.49 bits per heavy atom. The summed E-state index contributed by atoms with van der Waals surface area (Å²) in [6, 6.07) is 12.6. The summed E-state index contributed by atoms with van der Waals surface area (Å²) in [5.74, 6) is -1.80. The molecule has 37 heavy (non-hydrogen) atoms. The van der Waals surface area contributed by atoms with Crippen molar-refractivity contribution in [3.8, 4) is 11.5 Å². The molecule has 2 N–H and O–H groups in total. The van der Waals surface area contributed by atoms with Gasteiger partial charge in [0.05, 0.1) is 27.0 Å². The number of fused-ring (bicyclic) bond motifs is 1. The number of carboxylic acid groups (broad SMARTS) is 1. The number of nitrogens with zero attached hydrogens (tertiary/aromatic N) is 3. The van der Waals surface area contributed by atoms with Gasteiger partial charge in [-0.2, -0.15) is 0 Å². The number of nitrogens with one attached hydrogen (secondary N) is 1. The van der Waals surface area contributed by atoms with Gasteiger partial charge in [-0.05, 0) is 37.1 Å². The molecular formula is C26H22Cl2N4O5. The molecule has 11 heteroatoms. The molecule has 9 nitrogen and oxygen atoms in total. The van der Waals surface area contributed by atoms with Crippen LogP contribution in [0.2, 0.25) is 10.0 Å².